The fourth-order valence-corrected chi connectivity index (χ4v) is 5.93. The van der Waals surface area contributed by atoms with E-state index in [9.17, 15) is 14.4 Å². The summed E-state index contributed by atoms with van der Waals surface area (Å²) in [6, 6.07) is 11.8. The quantitative estimate of drug-likeness (QED) is 0.564. The van der Waals surface area contributed by atoms with Gasteiger partial charge in [-0.05, 0) is 43.5 Å². The van der Waals surface area contributed by atoms with Gasteiger partial charge >= 0.3 is 0 Å². The topological polar surface area (TPSA) is 107 Å². The lowest BCUT2D eigenvalue weighted by atomic mass is 9.95. The predicted octanol–water partition coefficient (Wildman–Crippen LogP) is 2.78. The van der Waals surface area contributed by atoms with E-state index in [0.29, 0.717) is 61.7 Å². The average molecular weight is 552 g/mol. The molecule has 10 heteroatoms. The molecule has 0 radical (unpaired) electrons. The molecule has 3 heterocycles. The molecule has 40 heavy (non-hydrogen) atoms. The summed E-state index contributed by atoms with van der Waals surface area (Å²) in [6.45, 7) is 3.74. The lowest BCUT2D eigenvalue weighted by Crippen LogP contribution is -2.60. The maximum Gasteiger partial charge on any atom is 0.261 e. The van der Waals surface area contributed by atoms with E-state index in [4.69, 9.17) is 18.9 Å². The normalized spacial score (nSPS) is 21.9. The van der Waals surface area contributed by atoms with Gasteiger partial charge in [-0.2, -0.15) is 0 Å². The smallest absolute Gasteiger partial charge is 0.261 e. The molecule has 0 bridgehead atoms. The predicted molar refractivity (Wildman–Crippen MR) is 146 cm³/mol. The Morgan fingerprint density at radius 1 is 1.00 bits per heavy atom. The zero-order valence-corrected chi connectivity index (χ0v) is 23.3. The van der Waals surface area contributed by atoms with Crippen molar-refractivity contribution in [3.63, 3.8) is 0 Å². The van der Waals surface area contributed by atoms with Gasteiger partial charge in [0.15, 0.2) is 0 Å². The molecule has 1 N–H and O–H groups in total. The van der Waals surface area contributed by atoms with E-state index in [0.717, 1.165) is 18.4 Å². The summed E-state index contributed by atoms with van der Waals surface area (Å²) < 4.78 is 22.9. The molecule has 3 fully saturated rings. The van der Waals surface area contributed by atoms with Gasteiger partial charge in [-0.3, -0.25) is 19.3 Å². The van der Waals surface area contributed by atoms with E-state index in [2.05, 4.69) is 5.32 Å². The van der Waals surface area contributed by atoms with Crippen LogP contribution < -0.4 is 14.8 Å². The zero-order chi connectivity index (χ0) is 28.3. The van der Waals surface area contributed by atoms with E-state index < -0.39 is 11.8 Å². The largest absolute Gasteiger partial charge is 0.496 e. The van der Waals surface area contributed by atoms with Gasteiger partial charge in [0.1, 0.15) is 28.8 Å². The summed E-state index contributed by atoms with van der Waals surface area (Å²) in [5.41, 5.74) is 0.702. The molecule has 0 saturated carbocycles. The molecule has 2 atom stereocenters. The Hall–Kier alpha value is -3.63. The minimum Gasteiger partial charge on any atom is -0.496 e. The number of ether oxygens (including phenoxy) is 4. The number of piperidine rings is 1. The number of rotatable bonds is 7. The Kier molecular flexibility index (Phi) is 8.27. The van der Waals surface area contributed by atoms with Gasteiger partial charge in [-0.25, -0.2) is 0 Å². The second-order valence-corrected chi connectivity index (χ2v) is 10.5. The van der Waals surface area contributed by atoms with Crippen molar-refractivity contribution in [2.24, 2.45) is 0 Å². The first-order chi connectivity index (χ1) is 19.4. The first kappa shape index (κ1) is 27.9. The van der Waals surface area contributed by atoms with Crippen LogP contribution in [0.2, 0.25) is 0 Å². The van der Waals surface area contributed by atoms with Gasteiger partial charge in [0, 0.05) is 44.6 Å². The van der Waals surface area contributed by atoms with Crippen LogP contribution >= 0.6 is 0 Å². The summed E-state index contributed by atoms with van der Waals surface area (Å²) >= 11 is 0. The van der Waals surface area contributed by atoms with Crippen molar-refractivity contribution >= 4 is 17.7 Å². The number of amides is 3. The standard InChI is InChI=1S/C30H37N3O7/c1-20-8-4-5-10-22(20)28(35)33-23(27(34)31-18-21-9-7-17-39-21)19-40-30(33)13-15-32(16-14-30)29(36)26-24(37-2)11-6-12-25(26)38-3/h4-6,8,10-12,21,23H,7,9,13-19H2,1-3H3,(H,31,34)/t21-,23+/m1/s1. The van der Waals surface area contributed by atoms with Gasteiger partial charge in [0.2, 0.25) is 5.91 Å². The highest BCUT2D eigenvalue weighted by atomic mass is 16.5. The van der Waals surface area contributed by atoms with Crippen molar-refractivity contribution < 1.29 is 33.3 Å². The molecule has 0 aliphatic carbocycles. The number of carbonyl (C=O) groups is 3. The second kappa shape index (κ2) is 11.9. The highest BCUT2D eigenvalue weighted by molar-refractivity contribution is 6.01. The molecule has 3 saturated heterocycles. The summed E-state index contributed by atoms with van der Waals surface area (Å²) in [6.07, 6.45) is 2.59. The number of hydrogen-bond acceptors (Lipinski definition) is 7. The number of aryl methyl sites for hydroxylation is 1. The summed E-state index contributed by atoms with van der Waals surface area (Å²) in [4.78, 5) is 44.4. The van der Waals surface area contributed by atoms with E-state index in [1.165, 1.54) is 14.2 Å². The lowest BCUT2D eigenvalue weighted by Gasteiger charge is -2.44. The Labute approximate surface area is 234 Å². The minimum atomic E-state index is -1.01. The minimum absolute atomic E-state index is 0.0121. The number of hydrogen-bond donors (Lipinski definition) is 1. The van der Waals surface area contributed by atoms with Crippen molar-refractivity contribution in [2.75, 3.05) is 47.1 Å². The Morgan fingerprint density at radius 2 is 1.70 bits per heavy atom. The van der Waals surface area contributed by atoms with Gasteiger partial charge in [0.05, 0.1) is 26.9 Å². The Bertz CT molecular complexity index is 1230. The monoisotopic (exact) mass is 551 g/mol. The van der Waals surface area contributed by atoms with E-state index in [1.54, 1.807) is 34.1 Å². The van der Waals surface area contributed by atoms with Crippen LogP contribution in [0, 0.1) is 6.92 Å². The number of likely N-dealkylation sites (tertiary alicyclic amines) is 1. The fourth-order valence-electron chi connectivity index (χ4n) is 5.93. The maximum absolute atomic E-state index is 14.0. The van der Waals surface area contributed by atoms with Gasteiger partial charge in [-0.15, -0.1) is 0 Å². The average Bonchev–Trinajstić information content (AvgIpc) is 3.64. The number of nitrogens with zero attached hydrogens (tertiary/aromatic N) is 2. The number of nitrogens with one attached hydrogen (secondary N) is 1. The Morgan fingerprint density at radius 3 is 2.33 bits per heavy atom. The van der Waals surface area contributed by atoms with Crippen LogP contribution in [0.4, 0.5) is 0 Å². The fraction of sp³-hybridized carbons (Fsp3) is 0.500. The molecule has 0 unspecified atom stereocenters. The van der Waals surface area contributed by atoms with Crippen LogP contribution in [-0.2, 0) is 14.3 Å². The molecule has 1 spiro atoms. The van der Waals surface area contributed by atoms with Crippen LogP contribution in [0.5, 0.6) is 11.5 Å². The molecular formula is C30H37N3O7. The SMILES string of the molecule is COc1cccc(OC)c1C(=O)N1CCC2(CC1)OC[C@@H](C(=O)NC[C@H]1CCCO1)N2C(=O)c1ccccc1C. The highest BCUT2D eigenvalue weighted by Crippen LogP contribution is 2.40. The van der Waals surface area contributed by atoms with Crippen molar-refractivity contribution in [3.8, 4) is 11.5 Å². The molecular weight excluding hydrogens is 514 g/mol. The van der Waals surface area contributed by atoms with Crippen LogP contribution in [0.3, 0.4) is 0 Å². The highest BCUT2D eigenvalue weighted by Gasteiger charge is 2.54. The third-order valence-corrected chi connectivity index (χ3v) is 8.16. The molecule has 0 aromatic heterocycles. The first-order valence-corrected chi connectivity index (χ1v) is 13.8. The van der Waals surface area contributed by atoms with Crippen molar-refractivity contribution in [2.45, 2.75) is 50.5 Å². The molecule has 10 nitrogen and oxygen atoms in total. The van der Waals surface area contributed by atoms with Gasteiger partial charge in [-0.1, -0.05) is 24.3 Å². The molecule has 2 aromatic rings. The van der Waals surface area contributed by atoms with Crippen molar-refractivity contribution in [1.82, 2.24) is 15.1 Å². The van der Waals surface area contributed by atoms with E-state index in [-0.39, 0.29) is 30.4 Å². The second-order valence-electron chi connectivity index (χ2n) is 10.5. The number of benzene rings is 2. The Balaban J connectivity index is 1.38. The summed E-state index contributed by atoms with van der Waals surface area (Å²) in [5.74, 6) is 0.137. The zero-order valence-electron chi connectivity index (χ0n) is 23.3. The summed E-state index contributed by atoms with van der Waals surface area (Å²) in [7, 11) is 3.03. The molecule has 3 aliphatic rings. The molecule has 3 amide bonds. The van der Waals surface area contributed by atoms with Crippen molar-refractivity contribution in [1.29, 1.82) is 0 Å². The van der Waals surface area contributed by atoms with Crippen LogP contribution in [0.1, 0.15) is 52.0 Å². The van der Waals surface area contributed by atoms with Crippen LogP contribution in [0.15, 0.2) is 42.5 Å². The number of carbonyl (C=O) groups excluding carboxylic acids is 3. The summed E-state index contributed by atoms with van der Waals surface area (Å²) in [5, 5.41) is 2.98. The van der Waals surface area contributed by atoms with E-state index >= 15 is 0 Å². The van der Waals surface area contributed by atoms with Gasteiger partial charge in [0.25, 0.3) is 11.8 Å². The molecule has 2 aromatic carbocycles. The lowest BCUT2D eigenvalue weighted by molar-refractivity contribution is -0.128. The van der Waals surface area contributed by atoms with Crippen molar-refractivity contribution in [3.05, 3.63) is 59.2 Å². The van der Waals surface area contributed by atoms with Crippen LogP contribution in [-0.4, -0.2) is 92.5 Å². The maximum atomic E-state index is 14.0. The van der Waals surface area contributed by atoms with E-state index in [1.807, 2.05) is 25.1 Å². The molecule has 3 aliphatic heterocycles. The molecule has 5 rings (SSSR count). The third-order valence-electron chi connectivity index (χ3n) is 8.16. The number of methoxy groups -OCH3 is 2. The molecule has 214 valence electrons. The van der Waals surface area contributed by atoms with Gasteiger partial charge < -0.3 is 29.2 Å². The van der Waals surface area contributed by atoms with Crippen LogP contribution in [0.25, 0.3) is 0 Å². The first-order valence-electron chi connectivity index (χ1n) is 13.8. The third kappa shape index (κ3) is 5.25.